The van der Waals surface area contributed by atoms with E-state index >= 15 is 0 Å². The predicted molar refractivity (Wildman–Crippen MR) is 47.2 cm³/mol. The van der Waals surface area contributed by atoms with Crippen molar-refractivity contribution in [1.29, 1.82) is 0 Å². The van der Waals surface area contributed by atoms with Gasteiger partial charge in [-0.1, -0.05) is 5.92 Å². The number of carbonyl (C=O) groups excluding carboxylic acids is 1. The summed E-state index contributed by atoms with van der Waals surface area (Å²) < 4.78 is 0. The number of likely N-dealkylation sites (tertiary alicyclic amines) is 1. The average Bonchev–Trinajstić information content (AvgIpc) is 2.51. The maximum absolute atomic E-state index is 11.3. The van der Waals surface area contributed by atoms with E-state index in [9.17, 15) is 4.79 Å². The third-order valence-electron chi connectivity index (χ3n) is 2.22. The lowest BCUT2D eigenvalue weighted by Gasteiger charge is -2.22. The van der Waals surface area contributed by atoms with Gasteiger partial charge >= 0.3 is 0 Å². The molecule has 1 fully saturated rings. The van der Waals surface area contributed by atoms with Crippen LogP contribution >= 0.6 is 0 Å². The topological polar surface area (TPSA) is 46.3 Å². The second kappa shape index (κ2) is 4.13. The highest BCUT2D eigenvalue weighted by Crippen LogP contribution is 2.16. The molecule has 66 valence electrons. The van der Waals surface area contributed by atoms with Crippen molar-refractivity contribution in [1.82, 2.24) is 4.90 Å². The molecule has 1 atom stereocenters. The van der Waals surface area contributed by atoms with Gasteiger partial charge in [0.2, 0.25) is 5.91 Å². The first kappa shape index (κ1) is 9.08. The van der Waals surface area contributed by atoms with Gasteiger partial charge in [-0.2, -0.15) is 0 Å². The Kier molecular flexibility index (Phi) is 3.12. The van der Waals surface area contributed by atoms with Gasteiger partial charge < -0.3 is 10.6 Å². The van der Waals surface area contributed by atoms with E-state index in [4.69, 9.17) is 12.2 Å². The Morgan fingerprint density at radius 2 is 2.50 bits per heavy atom. The molecule has 0 bridgehead atoms. The van der Waals surface area contributed by atoms with Crippen molar-refractivity contribution in [2.24, 2.45) is 5.73 Å². The molecule has 12 heavy (non-hydrogen) atoms. The number of nitrogens with zero attached hydrogens (tertiary/aromatic N) is 1. The van der Waals surface area contributed by atoms with Gasteiger partial charge in [0, 0.05) is 19.1 Å². The standard InChI is InChI=1S/C9H14N2O/c1-2-4-9(12)11-6-3-5-8(11)7-10/h1,8H,3-7,10H2. The number of rotatable bonds is 2. The molecule has 0 spiro atoms. The van der Waals surface area contributed by atoms with Gasteiger partial charge in [0.25, 0.3) is 0 Å². The molecule has 0 aromatic rings. The summed E-state index contributed by atoms with van der Waals surface area (Å²) in [6.07, 6.45) is 7.33. The highest BCUT2D eigenvalue weighted by Gasteiger charge is 2.26. The summed E-state index contributed by atoms with van der Waals surface area (Å²) in [5.41, 5.74) is 5.51. The van der Waals surface area contributed by atoms with Crippen LogP contribution in [-0.4, -0.2) is 29.9 Å². The van der Waals surface area contributed by atoms with Crippen molar-refractivity contribution in [2.75, 3.05) is 13.1 Å². The van der Waals surface area contributed by atoms with E-state index in [1.54, 1.807) is 4.90 Å². The minimum absolute atomic E-state index is 0.0467. The van der Waals surface area contributed by atoms with Crippen LogP contribution in [0.5, 0.6) is 0 Å². The lowest BCUT2D eigenvalue weighted by molar-refractivity contribution is -0.130. The number of carbonyl (C=O) groups is 1. The van der Waals surface area contributed by atoms with Crippen molar-refractivity contribution in [3.05, 3.63) is 0 Å². The van der Waals surface area contributed by atoms with Gasteiger partial charge in [-0.15, -0.1) is 6.42 Å². The zero-order chi connectivity index (χ0) is 8.97. The minimum Gasteiger partial charge on any atom is -0.338 e. The molecule has 3 nitrogen and oxygen atoms in total. The van der Waals surface area contributed by atoms with E-state index in [0.29, 0.717) is 6.54 Å². The summed E-state index contributed by atoms with van der Waals surface area (Å²) in [4.78, 5) is 13.1. The van der Waals surface area contributed by atoms with E-state index in [1.807, 2.05) is 0 Å². The summed E-state index contributed by atoms with van der Waals surface area (Å²) in [6, 6.07) is 0.228. The molecule has 0 saturated carbocycles. The second-order valence-electron chi connectivity index (χ2n) is 3.00. The number of amides is 1. The molecule has 0 aliphatic carbocycles. The van der Waals surface area contributed by atoms with Crippen LogP contribution in [0, 0.1) is 12.3 Å². The molecule has 1 amide bonds. The Morgan fingerprint density at radius 1 is 1.75 bits per heavy atom. The van der Waals surface area contributed by atoms with Gasteiger partial charge in [0.05, 0.1) is 6.42 Å². The van der Waals surface area contributed by atoms with Crippen LogP contribution in [0.25, 0.3) is 0 Å². The van der Waals surface area contributed by atoms with Crippen LogP contribution in [0.3, 0.4) is 0 Å². The Bertz CT molecular complexity index is 207. The minimum atomic E-state index is 0.0467. The fourth-order valence-electron chi connectivity index (χ4n) is 1.60. The Hall–Kier alpha value is -1.01. The van der Waals surface area contributed by atoms with E-state index in [1.165, 1.54) is 0 Å². The van der Waals surface area contributed by atoms with E-state index in [0.717, 1.165) is 19.4 Å². The van der Waals surface area contributed by atoms with Crippen molar-refractivity contribution in [3.8, 4) is 12.3 Å². The van der Waals surface area contributed by atoms with E-state index in [2.05, 4.69) is 5.92 Å². The highest BCUT2D eigenvalue weighted by atomic mass is 16.2. The SMILES string of the molecule is C#CCC(=O)N1CCCC1CN. The molecule has 1 saturated heterocycles. The van der Waals surface area contributed by atoms with Crippen LogP contribution in [0.15, 0.2) is 0 Å². The molecule has 0 radical (unpaired) electrons. The number of hydrogen-bond donors (Lipinski definition) is 1. The third kappa shape index (κ3) is 1.77. The maximum Gasteiger partial charge on any atom is 0.234 e. The Morgan fingerprint density at radius 3 is 3.08 bits per heavy atom. The highest BCUT2D eigenvalue weighted by molar-refractivity contribution is 5.79. The molecular weight excluding hydrogens is 152 g/mol. The van der Waals surface area contributed by atoms with Crippen molar-refractivity contribution < 1.29 is 4.79 Å². The van der Waals surface area contributed by atoms with Crippen LogP contribution in [0.4, 0.5) is 0 Å². The van der Waals surface area contributed by atoms with Crippen LogP contribution in [-0.2, 0) is 4.79 Å². The first-order valence-corrected chi connectivity index (χ1v) is 4.22. The number of hydrogen-bond acceptors (Lipinski definition) is 2. The summed E-state index contributed by atoms with van der Waals surface area (Å²) in [6.45, 7) is 1.37. The molecular formula is C9H14N2O. The molecule has 1 aliphatic heterocycles. The number of nitrogens with two attached hydrogens (primary N) is 1. The summed E-state index contributed by atoms with van der Waals surface area (Å²) >= 11 is 0. The van der Waals surface area contributed by atoms with Crippen LogP contribution in [0.2, 0.25) is 0 Å². The van der Waals surface area contributed by atoms with Crippen LogP contribution < -0.4 is 5.73 Å². The number of terminal acetylenes is 1. The zero-order valence-corrected chi connectivity index (χ0v) is 7.12. The molecule has 1 rings (SSSR count). The summed E-state index contributed by atoms with van der Waals surface area (Å²) in [5, 5.41) is 0. The van der Waals surface area contributed by atoms with Crippen molar-refractivity contribution in [3.63, 3.8) is 0 Å². The fourth-order valence-corrected chi connectivity index (χ4v) is 1.60. The lowest BCUT2D eigenvalue weighted by atomic mass is 10.2. The summed E-state index contributed by atoms with van der Waals surface area (Å²) in [5.74, 6) is 2.40. The molecule has 0 aromatic carbocycles. The van der Waals surface area contributed by atoms with Gasteiger partial charge in [-0.25, -0.2) is 0 Å². The van der Waals surface area contributed by atoms with Gasteiger partial charge in [-0.3, -0.25) is 4.79 Å². The second-order valence-corrected chi connectivity index (χ2v) is 3.00. The normalized spacial score (nSPS) is 22.3. The first-order valence-electron chi connectivity index (χ1n) is 4.22. The fraction of sp³-hybridized carbons (Fsp3) is 0.667. The smallest absolute Gasteiger partial charge is 0.234 e. The first-order chi connectivity index (χ1) is 5.79. The zero-order valence-electron chi connectivity index (χ0n) is 7.12. The Balaban J connectivity index is 2.50. The predicted octanol–water partition coefficient (Wildman–Crippen LogP) is -0.0406. The monoisotopic (exact) mass is 166 g/mol. The lowest BCUT2D eigenvalue weighted by Crippen LogP contribution is -2.39. The molecule has 1 heterocycles. The largest absolute Gasteiger partial charge is 0.338 e. The molecule has 2 N–H and O–H groups in total. The van der Waals surface area contributed by atoms with Gasteiger partial charge in [0.1, 0.15) is 0 Å². The molecule has 1 unspecified atom stereocenters. The molecule has 3 heteroatoms. The quantitative estimate of drug-likeness (QED) is 0.585. The molecule has 1 aliphatic rings. The third-order valence-corrected chi connectivity index (χ3v) is 2.22. The van der Waals surface area contributed by atoms with Crippen LogP contribution in [0.1, 0.15) is 19.3 Å². The Labute approximate surface area is 72.9 Å². The van der Waals surface area contributed by atoms with E-state index < -0.39 is 0 Å². The van der Waals surface area contributed by atoms with Gasteiger partial charge in [-0.05, 0) is 12.8 Å². The molecule has 0 aromatic heterocycles. The van der Waals surface area contributed by atoms with E-state index in [-0.39, 0.29) is 18.4 Å². The maximum atomic E-state index is 11.3. The summed E-state index contributed by atoms with van der Waals surface area (Å²) in [7, 11) is 0. The average molecular weight is 166 g/mol. The van der Waals surface area contributed by atoms with Gasteiger partial charge in [0.15, 0.2) is 0 Å². The van der Waals surface area contributed by atoms with Crippen molar-refractivity contribution >= 4 is 5.91 Å². The van der Waals surface area contributed by atoms with Crippen molar-refractivity contribution in [2.45, 2.75) is 25.3 Å².